The highest BCUT2D eigenvalue weighted by Gasteiger charge is 2.68. The maximum absolute atomic E-state index is 14.4. The van der Waals surface area contributed by atoms with Crippen LogP contribution in [-0.2, 0) is 26.2 Å². The fourth-order valence-corrected chi connectivity index (χ4v) is 7.31. The molecule has 0 radical (unpaired) electrons. The fraction of sp³-hybridized carbons (Fsp3) is 0.152. The minimum absolute atomic E-state index is 0.0542. The Morgan fingerprint density at radius 1 is 0.907 bits per heavy atom. The van der Waals surface area contributed by atoms with Crippen molar-refractivity contribution in [2.75, 3.05) is 4.90 Å². The summed E-state index contributed by atoms with van der Waals surface area (Å²) in [5.41, 5.74) is 5.88. The van der Waals surface area contributed by atoms with Crippen molar-refractivity contribution in [1.82, 2.24) is 5.43 Å². The SMILES string of the molecule is O=C(Cc1ccc([N+](=O)[O-])cc1)N/N=C\C12c3ccccc3C(c3ccccc31)[C@@H]1C(=O)N(c3ccccc3Cl)C(=O)[C@H]12. The van der Waals surface area contributed by atoms with Gasteiger partial charge in [0.1, 0.15) is 0 Å². The summed E-state index contributed by atoms with van der Waals surface area (Å²) < 4.78 is 0. The van der Waals surface area contributed by atoms with Crippen LogP contribution in [0.15, 0.2) is 102 Å². The quantitative estimate of drug-likeness (QED) is 0.144. The Hall–Kier alpha value is -5.15. The minimum atomic E-state index is -1.14. The highest BCUT2D eigenvalue weighted by molar-refractivity contribution is 6.36. The molecule has 2 atom stereocenters. The Bertz CT molecular complexity index is 1820. The Labute approximate surface area is 250 Å². The van der Waals surface area contributed by atoms with Gasteiger partial charge < -0.3 is 0 Å². The smallest absolute Gasteiger partial charge is 0.269 e. The number of para-hydroxylation sites is 1. The monoisotopic (exact) mass is 590 g/mol. The van der Waals surface area contributed by atoms with Gasteiger partial charge in [-0.15, -0.1) is 0 Å². The van der Waals surface area contributed by atoms with Gasteiger partial charge in [-0.05, 0) is 39.9 Å². The number of nitrogens with one attached hydrogen (secondary N) is 1. The zero-order valence-electron chi connectivity index (χ0n) is 22.5. The van der Waals surface area contributed by atoms with E-state index in [1.807, 2.05) is 48.5 Å². The van der Waals surface area contributed by atoms with Crippen LogP contribution in [0.5, 0.6) is 0 Å². The number of nitrogens with zero attached hydrogens (tertiary/aromatic N) is 3. The molecule has 3 aliphatic carbocycles. The maximum Gasteiger partial charge on any atom is 0.269 e. The zero-order valence-corrected chi connectivity index (χ0v) is 23.3. The van der Waals surface area contributed by atoms with Gasteiger partial charge in [0, 0.05) is 24.3 Å². The average molecular weight is 591 g/mol. The van der Waals surface area contributed by atoms with E-state index >= 15 is 0 Å². The van der Waals surface area contributed by atoms with Crippen molar-refractivity contribution in [2.45, 2.75) is 17.8 Å². The van der Waals surface area contributed by atoms with Gasteiger partial charge in [0.25, 0.3) is 5.69 Å². The molecular weight excluding hydrogens is 568 g/mol. The molecule has 43 heavy (non-hydrogen) atoms. The van der Waals surface area contributed by atoms with E-state index in [-0.39, 0.29) is 29.8 Å². The van der Waals surface area contributed by atoms with Crippen molar-refractivity contribution >= 4 is 46.9 Å². The molecule has 3 amide bonds. The van der Waals surface area contributed by atoms with Crippen LogP contribution in [-0.4, -0.2) is 28.9 Å². The molecule has 2 bridgehead atoms. The number of nitro benzene ring substituents is 1. The number of hydrazone groups is 1. The molecule has 0 saturated carbocycles. The first kappa shape index (κ1) is 26.7. The number of carbonyl (C=O) groups is 3. The maximum atomic E-state index is 14.4. The van der Waals surface area contributed by atoms with Gasteiger partial charge in [-0.2, -0.15) is 5.10 Å². The summed E-state index contributed by atoms with van der Waals surface area (Å²) in [6.07, 6.45) is 1.54. The summed E-state index contributed by atoms with van der Waals surface area (Å²) in [4.78, 5) is 53.1. The highest BCUT2D eigenvalue weighted by atomic mass is 35.5. The zero-order chi connectivity index (χ0) is 29.9. The highest BCUT2D eigenvalue weighted by Crippen LogP contribution is 2.63. The Balaban J connectivity index is 1.31. The van der Waals surface area contributed by atoms with E-state index in [2.05, 4.69) is 10.5 Å². The predicted octanol–water partition coefficient (Wildman–Crippen LogP) is 5.14. The number of halogens is 1. The van der Waals surface area contributed by atoms with Gasteiger partial charge >= 0.3 is 0 Å². The fourth-order valence-electron chi connectivity index (χ4n) is 7.09. The molecule has 4 aliphatic rings. The number of carbonyl (C=O) groups excluding carboxylic acids is 3. The number of amides is 3. The Morgan fingerprint density at radius 2 is 1.51 bits per heavy atom. The number of nitro groups is 1. The number of rotatable bonds is 6. The Kier molecular flexibility index (Phi) is 6.21. The second-order valence-corrected chi connectivity index (χ2v) is 11.3. The van der Waals surface area contributed by atoms with Crippen LogP contribution >= 0.6 is 11.6 Å². The van der Waals surface area contributed by atoms with E-state index < -0.39 is 28.1 Å². The summed E-state index contributed by atoms with van der Waals surface area (Å²) in [5, 5.41) is 15.6. The molecule has 1 aliphatic heterocycles. The van der Waals surface area contributed by atoms with Gasteiger partial charge in [0.05, 0.1) is 39.3 Å². The summed E-state index contributed by atoms with van der Waals surface area (Å²) >= 11 is 6.49. The van der Waals surface area contributed by atoms with Crippen molar-refractivity contribution < 1.29 is 19.3 Å². The van der Waals surface area contributed by atoms with Crippen LogP contribution in [0.25, 0.3) is 0 Å². The molecule has 1 fully saturated rings. The lowest BCUT2D eigenvalue weighted by atomic mass is 9.47. The van der Waals surface area contributed by atoms with Crippen molar-refractivity contribution in [3.05, 3.63) is 140 Å². The molecule has 1 saturated heterocycles. The lowest BCUT2D eigenvalue weighted by Crippen LogP contribution is -2.54. The van der Waals surface area contributed by atoms with Crippen molar-refractivity contribution in [3.63, 3.8) is 0 Å². The Morgan fingerprint density at radius 3 is 2.14 bits per heavy atom. The van der Waals surface area contributed by atoms with E-state index in [0.29, 0.717) is 16.3 Å². The average Bonchev–Trinajstić information content (AvgIpc) is 3.28. The molecule has 10 heteroatoms. The van der Waals surface area contributed by atoms with Crippen molar-refractivity contribution in [1.29, 1.82) is 0 Å². The van der Waals surface area contributed by atoms with Crippen LogP contribution in [0.3, 0.4) is 0 Å². The molecule has 0 spiro atoms. The third-order valence-corrected chi connectivity index (χ3v) is 9.07. The number of hydrogen-bond donors (Lipinski definition) is 1. The topological polar surface area (TPSA) is 122 Å². The number of imide groups is 1. The third kappa shape index (κ3) is 3.92. The first-order valence-electron chi connectivity index (χ1n) is 13.7. The van der Waals surface area contributed by atoms with Crippen molar-refractivity contribution in [2.24, 2.45) is 16.9 Å². The van der Waals surface area contributed by atoms with E-state index in [1.54, 1.807) is 30.5 Å². The molecule has 4 aromatic rings. The molecule has 1 N–H and O–H groups in total. The molecule has 212 valence electrons. The molecule has 9 nitrogen and oxygen atoms in total. The van der Waals surface area contributed by atoms with Gasteiger partial charge in [0.15, 0.2) is 0 Å². The molecule has 0 unspecified atom stereocenters. The van der Waals surface area contributed by atoms with Gasteiger partial charge in [-0.25, -0.2) is 10.3 Å². The van der Waals surface area contributed by atoms with Gasteiger partial charge in [-0.3, -0.25) is 24.5 Å². The molecule has 8 rings (SSSR count). The van der Waals surface area contributed by atoms with E-state index in [4.69, 9.17) is 11.6 Å². The van der Waals surface area contributed by atoms with Gasteiger partial charge in [0.2, 0.25) is 17.7 Å². The van der Waals surface area contributed by atoms with Crippen molar-refractivity contribution in [3.8, 4) is 0 Å². The van der Waals surface area contributed by atoms with Crippen LogP contribution < -0.4 is 10.3 Å². The number of hydrogen-bond acceptors (Lipinski definition) is 6. The van der Waals surface area contributed by atoms with Crippen LogP contribution in [0.1, 0.15) is 33.7 Å². The first-order valence-corrected chi connectivity index (χ1v) is 14.1. The summed E-state index contributed by atoms with van der Waals surface area (Å²) in [6.45, 7) is 0. The third-order valence-electron chi connectivity index (χ3n) is 8.75. The second-order valence-electron chi connectivity index (χ2n) is 10.9. The summed E-state index contributed by atoms with van der Waals surface area (Å²) in [6, 6.07) is 28.0. The van der Waals surface area contributed by atoms with Crippen LogP contribution in [0, 0.1) is 22.0 Å². The lowest BCUT2D eigenvalue weighted by Gasteiger charge is -2.52. The largest absolute Gasteiger partial charge is 0.274 e. The molecular formula is C33H23ClN4O5. The van der Waals surface area contributed by atoms with Crippen LogP contribution in [0.2, 0.25) is 5.02 Å². The van der Waals surface area contributed by atoms with E-state index in [1.165, 1.54) is 29.2 Å². The molecule has 4 aromatic carbocycles. The summed E-state index contributed by atoms with van der Waals surface area (Å²) in [5.74, 6) is -2.99. The number of anilines is 1. The number of benzene rings is 4. The standard InChI is InChI=1S/C33H23ClN4O5/c34-25-11-5-6-12-26(25)37-31(40)29-28-21-7-1-3-9-23(21)33(30(29)32(37)41,24-10-4-2-8-22(24)28)18-35-36-27(39)17-19-13-15-20(16-14-19)38(42)43/h1-16,18,28-30H,17H2,(H,36,39)/b35-18-/t28?,29-,30-,33?/m0/s1. The normalized spacial score (nSPS) is 23.2. The van der Waals surface area contributed by atoms with E-state index in [9.17, 15) is 24.5 Å². The second kappa shape index (κ2) is 9.99. The molecule has 0 aromatic heterocycles. The first-order chi connectivity index (χ1) is 20.8. The predicted molar refractivity (Wildman–Crippen MR) is 160 cm³/mol. The number of non-ortho nitro benzene ring substituents is 1. The van der Waals surface area contributed by atoms with E-state index in [0.717, 1.165) is 22.3 Å². The molecule has 1 heterocycles. The van der Waals surface area contributed by atoms with Gasteiger partial charge in [-0.1, -0.05) is 84.4 Å². The minimum Gasteiger partial charge on any atom is -0.274 e. The lowest BCUT2D eigenvalue weighted by molar-refractivity contribution is -0.384. The summed E-state index contributed by atoms with van der Waals surface area (Å²) in [7, 11) is 0. The van der Waals surface area contributed by atoms with Crippen LogP contribution in [0.4, 0.5) is 11.4 Å².